The van der Waals surface area contributed by atoms with Crippen molar-refractivity contribution >= 4 is 33.3 Å². The highest BCUT2D eigenvalue weighted by atomic mass is 79.9. The van der Waals surface area contributed by atoms with Gasteiger partial charge in [-0.25, -0.2) is 13.8 Å². The molecule has 1 aromatic carbocycles. The number of nitrogens with one attached hydrogen (secondary N) is 2. The zero-order valence-corrected chi connectivity index (χ0v) is 12.0. The highest BCUT2D eigenvalue weighted by Gasteiger charge is 2.15. The van der Waals surface area contributed by atoms with Crippen LogP contribution in [0.4, 0.5) is 20.3 Å². The Labute approximate surface area is 122 Å². The molecule has 1 amide bonds. The summed E-state index contributed by atoms with van der Waals surface area (Å²) in [4.78, 5) is 15.9. The first-order valence-corrected chi connectivity index (χ1v) is 6.41. The first-order chi connectivity index (χ1) is 9.52. The van der Waals surface area contributed by atoms with Crippen LogP contribution in [0.15, 0.2) is 34.9 Å². The Kier molecular flexibility index (Phi) is 4.29. The summed E-state index contributed by atoms with van der Waals surface area (Å²) in [6.07, 6.45) is 1.49. The van der Waals surface area contributed by atoms with Gasteiger partial charge in [-0.1, -0.05) is 0 Å². The molecule has 0 bridgehead atoms. The van der Waals surface area contributed by atoms with Crippen LogP contribution < -0.4 is 10.6 Å². The molecule has 1 aromatic heterocycles. The van der Waals surface area contributed by atoms with Gasteiger partial charge in [-0.15, -0.1) is 0 Å². The maximum atomic E-state index is 13.6. The topological polar surface area (TPSA) is 54.0 Å². The van der Waals surface area contributed by atoms with E-state index >= 15 is 0 Å². The second-order valence-electron chi connectivity index (χ2n) is 3.85. The summed E-state index contributed by atoms with van der Waals surface area (Å²) in [5.41, 5.74) is -0.405. The van der Waals surface area contributed by atoms with Crippen molar-refractivity contribution in [3.05, 3.63) is 52.1 Å². The molecule has 0 unspecified atom stereocenters. The highest BCUT2D eigenvalue weighted by Crippen LogP contribution is 2.22. The lowest BCUT2D eigenvalue weighted by Gasteiger charge is -2.09. The third kappa shape index (κ3) is 2.93. The van der Waals surface area contributed by atoms with E-state index in [1.165, 1.54) is 13.2 Å². The molecule has 0 fully saturated rings. The van der Waals surface area contributed by atoms with E-state index in [1.54, 1.807) is 12.1 Å². The van der Waals surface area contributed by atoms with Crippen LogP contribution in [0.3, 0.4) is 0 Å². The number of benzene rings is 1. The summed E-state index contributed by atoms with van der Waals surface area (Å²) in [5, 5.41) is 4.85. The van der Waals surface area contributed by atoms with Gasteiger partial charge in [-0.05, 0) is 40.2 Å². The fraction of sp³-hybridized carbons (Fsp3) is 0.0769. The quantitative estimate of drug-likeness (QED) is 0.899. The molecular formula is C13H10BrF2N3O. The number of anilines is 2. The Bertz CT molecular complexity index is 641. The molecular weight excluding hydrogens is 332 g/mol. The van der Waals surface area contributed by atoms with E-state index < -0.39 is 17.5 Å². The Morgan fingerprint density at radius 2 is 1.95 bits per heavy atom. The van der Waals surface area contributed by atoms with Crippen molar-refractivity contribution in [1.29, 1.82) is 0 Å². The molecule has 7 heteroatoms. The molecule has 0 aliphatic rings. The number of halogens is 3. The molecule has 0 atom stereocenters. The molecule has 0 saturated heterocycles. The van der Waals surface area contributed by atoms with Crippen LogP contribution in [0.2, 0.25) is 0 Å². The van der Waals surface area contributed by atoms with Crippen molar-refractivity contribution in [2.45, 2.75) is 0 Å². The van der Waals surface area contributed by atoms with Crippen molar-refractivity contribution < 1.29 is 13.6 Å². The largest absolute Gasteiger partial charge is 0.383 e. The van der Waals surface area contributed by atoms with E-state index in [4.69, 9.17) is 0 Å². The SMILES string of the molecule is CNc1c(F)cc(C(=O)Nc2ncccc2Br)cc1F. The van der Waals surface area contributed by atoms with Gasteiger partial charge < -0.3 is 10.6 Å². The van der Waals surface area contributed by atoms with Crippen molar-refractivity contribution in [2.24, 2.45) is 0 Å². The molecule has 0 aliphatic heterocycles. The molecule has 0 spiro atoms. The summed E-state index contributed by atoms with van der Waals surface area (Å²) >= 11 is 3.21. The van der Waals surface area contributed by atoms with Crippen LogP contribution in [0.5, 0.6) is 0 Å². The number of amides is 1. The summed E-state index contributed by atoms with van der Waals surface area (Å²) < 4.78 is 27.7. The van der Waals surface area contributed by atoms with Crippen molar-refractivity contribution in [2.75, 3.05) is 17.7 Å². The third-order valence-corrected chi connectivity index (χ3v) is 3.18. The van der Waals surface area contributed by atoms with E-state index in [0.29, 0.717) is 4.47 Å². The van der Waals surface area contributed by atoms with Crippen LogP contribution >= 0.6 is 15.9 Å². The number of carbonyl (C=O) groups excluding carboxylic acids is 1. The smallest absolute Gasteiger partial charge is 0.257 e. The molecule has 2 rings (SSSR count). The zero-order valence-electron chi connectivity index (χ0n) is 10.4. The molecule has 0 radical (unpaired) electrons. The average molecular weight is 342 g/mol. The minimum atomic E-state index is -0.835. The fourth-order valence-corrected chi connectivity index (χ4v) is 1.95. The Morgan fingerprint density at radius 3 is 2.50 bits per heavy atom. The fourth-order valence-electron chi connectivity index (χ4n) is 1.60. The van der Waals surface area contributed by atoms with Crippen molar-refractivity contribution in [3.63, 3.8) is 0 Å². The molecule has 0 saturated carbocycles. The number of aromatic nitrogens is 1. The first-order valence-electron chi connectivity index (χ1n) is 5.61. The van der Waals surface area contributed by atoms with E-state index in [-0.39, 0.29) is 17.1 Å². The van der Waals surface area contributed by atoms with Crippen LogP contribution in [0.25, 0.3) is 0 Å². The van der Waals surface area contributed by atoms with Crippen molar-refractivity contribution in [1.82, 2.24) is 4.98 Å². The maximum Gasteiger partial charge on any atom is 0.257 e. The second-order valence-corrected chi connectivity index (χ2v) is 4.71. The monoisotopic (exact) mass is 341 g/mol. The Morgan fingerprint density at radius 1 is 1.30 bits per heavy atom. The number of rotatable bonds is 3. The number of hydrogen-bond donors (Lipinski definition) is 2. The molecule has 2 aromatic rings. The van der Waals surface area contributed by atoms with Crippen LogP contribution in [-0.4, -0.2) is 17.9 Å². The van der Waals surface area contributed by atoms with E-state index in [0.717, 1.165) is 12.1 Å². The van der Waals surface area contributed by atoms with Gasteiger partial charge in [0.05, 0.1) is 4.47 Å². The van der Waals surface area contributed by atoms with Crippen molar-refractivity contribution in [3.8, 4) is 0 Å². The van der Waals surface area contributed by atoms with Crippen LogP contribution in [0.1, 0.15) is 10.4 Å². The molecule has 20 heavy (non-hydrogen) atoms. The summed E-state index contributed by atoms with van der Waals surface area (Å²) in [6.45, 7) is 0. The number of carbonyl (C=O) groups is 1. The molecule has 0 aliphatic carbocycles. The molecule has 2 N–H and O–H groups in total. The predicted octanol–water partition coefficient (Wildman–Crippen LogP) is 3.42. The van der Waals surface area contributed by atoms with Crippen LogP contribution in [-0.2, 0) is 0 Å². The molecule has 4 nitrogen and oxygen atoms in total. The van der Waals surface area contributed by atoms with Crippen LogP contribution in [0, 0.1) is 11.6 Å². The van der Waals surface area contributed by atoms with E-state index in [1.807, 2.05) is 0 Å². The molecule has 1 heterocycles. The summed E-state index contributed by atoms with van der Waals surface area (Å²) in [5.74, 6) is -2.05. The van der Waals surface area contributed by atoms with Gasteiger partial charge in [0.1, 0.15) is 23.1 Å². The standard InChI is InChI=1S/C13H10BrF2N3O/c1-17-11-9(15)5-7(6-10(11)16)13(20)19-12-8(14)3-2-4-18-12/h2-6,17H,1H3,(H,18,19,20). The van der Waals surface area contributed by atoms with Gasteiger partial charge >= 0.3 is 0 Å². The number of pyridine rings is 1. The van der Waals surface area contributed by atoms with E-state index in [9.17, 15) is 13.6 Å². The van der Waals surface area contributed by atoms with Gasteiger partial charge in [0.15, 0.2) is 0 Å². The number of hydrogen-bond acceptors (Lipinski definition) is 3. The minimum absolute atomic E-state index is 0.128. The average Bonchev–Trinajstić information content (AvgIpc) is 2.41. The van der Waals surface area contributed by atoms with E-state index in [2.05, 4.69) is 31.5 Å². The summed E-state index contributed by atoms with van der Waals surface area (Å²) in [6, 6.07) is 5.29. The van der Waals surface area contributed by atoms with Gasteiger partial charge in [0.25, 0.3) is 5.91 Å². The lowest BCUT2D eigenvalue weighted by Crippen LogP contribution is -2.14. The van der Waals surface area contributed by atoms with Gasteiger partial charge in [-0.3, -0.25) is 4.79 Å². The Balaban J connectivity index is 2.29. The van der Waals surface area contributed by atoms with Gasteiger partial charge in [-0.2, -0.15) is 0 Å². The zero-order chi connectivity index (χ0) is 14.7. The third-order valence-electron chi connectivity index (χ3n) is 2.54. The van der Waals surface area contributed by atoms with Gasteiger partial charge in [0, 0.05) is 18.8 Å². The molecule has 104 valence electrons. The lowest BCUT2D eigenvalue weighted by molar-refractivity contribution is 0.102. The lowest BCUT2D eigenvalue weighted by atomic mass is 10.1. The highest BCUT2D eigenvalue weighted by molar-refractivity contribution is 9.10. The second kappa shape index (κ2) is 5.96. The normalized spacial score (nSPS) is 10.2. The summed E-state index contributed by atoms with van der Waals surface area (Å²) in [7, 11) is 1.40. The predicted molar refractivity (Wildman–Crippen MR) is 75.8 cm³/mol. The maximum absolute atomic E-state index is 13.6. The first kappa shape index (κ1) is 14.4. The van der Waals surface area contributed by atoms with Gasteiger partial charge in [0.2, 0.25) is 0 Å². The minimum Gasteiger partial charge on any atom is -0.383 e. The Hall–Kier alpha value is -2.02. The number of nitrogens with zero attached hydrogens (tertiary/aromatic N) is 1.